The quantitative estimate of drug-likeness (QED) is 0.817. The molecule has 1 saturated heterocycles. The third kappa shape index (κ3) is 4.27. The van der Waals surface area contributed by atoms with Crippen molar-refractivity contribution >= 4 is 5.97 Å². The molecule has 25 heavy (non-hydrogen) atoms. The number of ether oxygens (including phenoxy) is 1. The zero-order chi connectivity index (χ0) is 17.8. The maximum absolute atomic E-state index is 13.0. The molecule has 1 aliphatic heterocycles. The van der Waals surface area contributed by atoms with Crippen LogP contribution >= 0.6 is 0 Å². The van der Waals surface area contributed by atoms with Gasteiger partial charge in [0.05, 0.1) is 13.2 Å². The van der Waals surface area contributed by atoms with Crippen LogP contribution in [-0.4, -0.2) is 41.2 Å². The molecule has 1 aromatic carbocycles. The Morgan fingerprint density at radius 1 is 1.36 bits per heavy atom. The third-order valence-corrected chi connectivity index (χ3v) is 4.84. The van der Waals surface area contributed by atoms with E-state index in [2.05, 4.69) is 9.88 Å². The molecule has 5 nitrogen and oxygen atoms in total. The normalized spacial score (nSPS) is 17.4. The maximum atomic E-state index is 13.0. The second-order valence-electron chi connectivity index (χ2n) is 6.52. The number of piperidine rings is 1. The second-order valence-corrected chi connectivity index (χ2v) is 6.52. The summed E-state index contributed by atoms with van der Waals surface area (Å²) in [6.07, 6.45) is 3.03. The van der Waals surface area contributed by atoms with Gasteiger partial charge in [-0.3, -0.25) is 4.90 Å². The minimum Gasteiger partial charge on any atom is -0.464 e. The smallest absolute Gasteiger partial charge is 0.354 e. The molecule has 1 fully saturated rings. The van der Waals surface area contributed by atoms with Crippen molar-refractivity contribution in [3.05, 3.63) is 59.2 Å². The molecule has 0 aliphatic carbocycles. The molecule has 6 heteroatoms. The van der Waals surface area contributed by atoms with E-state index < -0.39 is 6.10 Å². The summed E-state index contributed by atoms with van der Waals surface area (Å²) in [5.41, 5.74) is 2.27. The van der Waals surface area contributed by atoms with Crippen LogP contribution in [0.4, 0.5) is 4.39 Å². The lowest BCUT2D eigenvalue weighted by Crippen LogP contribution is -2.35. The fourth-order valence-electron chi connectivity index (χ4n) is 3.38. The van der Waals surface area contributed by atoms with E-state index in [-0.39, 0.29) is 17.7 Å². The number of H-pyrrole nitrogens is 1. The summed E-state index contributed by atoms with van der Waals surface area (Å²) in [4.78, 5) is 16.7. The van der Waals surface area contributed by atoms with E-state index in [1.807, 2.05) is 12.3 Å². The first-order valence-electron chi connectivity index (χ1n) is 8.48. The van der Waals surface area contributed by atoms with Crippen LogP contribution in [0, 0.1) is 11.7 Å². The number of aliphatic hydroxyl groups is 1. The first-order chi connectivity index (χ1) is 12.1. The number of benzene rings is 1. The van der Waals surface area contributed by atoms with Gasteiger partial charge in [-0.1, -0.05) is 12.1 Å². The molecular weight excluding hydrogens is 323 g/mol. The number of hydrogen-bond donors (Lipinski definition) is 2. The van der Waals surface area contributed by atoms with Crippen LogP contribution in [-0.2, 0) is 11.3 Å². The zero-order valence-corrected chi connectivity index (χ0v) is 14.2. The molecule has 2 heterocycles. The third-order valence-electron chi connectivity index (χ3n) is 4.84. The summed E-state index contributed by atoms with van der Waals surface area (Å²) in [6.45, 7) is 2.51. The summed E-state index contributed by atoms with van der Waals surface area (Å²) >= 11 is 0. The van der Waals surface area contributed by atoms with Crippen molar-refractivity contribution in [3.63, 3.8) is 0 Å². The predicted octanol–water partition coefficient (Wildman–Crippen LogP) is 2.89. The molecule has 0 spiro atoms. The Hall–Kier alpha value is -2.18. The molecule has 0 radical (unpaired) electrons. The molecule has 0 saturated carbocycles. The van der Waals surface area contributed by atoms with Crippen LogP contribution in [0.5, 0.6) is 0 Å². The van der Waals surface area contributed by atoms with Crippen molar-refractivity contribution in [2.45, 2.75) is 25.5 Å². The highest BCUT2D eigenvalue weighted by atomic mass is 19.1. The Morgan fingerprint density at radius 3 is 2.68 bits per heavy atom. The number of hydrogen-bond acceptors (Lipinski definition) is 4. The van der Waals surface area contributed by atoms with E-state index in [4.69, 9.17) is 4.74 Å². The van der Waals surface area contributed by atoms with Crippen LogP contribution in [0.3, 0.4) is 0 Å². The lowest BCUT2D eigenvalue weighted by atomic mass is 9.87. The lowest BCUT2D eigenvalue weighted by Gasteiger charge is -2.34. The molecule has 1 aliphatic rings. The molecule has 3 rings (SSSR count). The summed E-state index contributed by atoms with van der Waals surface area (Å²) in [5, 5.41) is 10.5. The van der Waals surface area contributed by atoms with E-state index in [0.717, 1.165) is 43.6 Å². The Bertz CT molecular complexity index is 706. The summed E-state index contributed by atoms with van der Waals surface area (Å²) in [5.74, 6) is -0.477. The minimum atomic E-state index is -0.555. The predicted molar refractivity (Wildman–Crippen MR) is 91.5 cm³/mol. The van der Waals surface area contributed by atoms with Gasteiger partial charge < -0.3 is 14.8 Å². The largest absolute Gasteiger partial charge is 0.464 e. The van der Waals surface area contributed by atoms with Crippen molar-refractivity contribution in [1.29, 1.82) is 0 Å². The van der Waals surface area contributed by atoms with Gasteiger partial charge in [-0.15, -0.1) is 0 Å². The average molecular weight is 346 g/mol. The van der Waals surface area contributed by atoms with Gasteiger partial charge >= 0.3 is 5.97 Å². The number of nitrogens with one attached hydrogen (secondary N) is 1. The fraction of sp³-hybridized carbons (Fsp3) is 0.421. The Morgan fingerprint density at radius 2 is 2.04 bits per heavy atom. The number of aliphatic hydroxyl groups excluding tert-OH is 1. The highest BCUT2D eigenvalue weighted by Gasteiger charge is 2.26. The molecule has 1 aromatic heterocycles. The topological polar surface area (TPSA) is 65.6 Å². The summed E-state index contributed by atoms with van der Waals surface area (Å²) < 4.78 is 17.7. The number of aromatic amines is 1. The molecule has 1 atom stereocenters. The SMILES string of the molecule is COC(=O)c1cc(CN2CCC([C@@H](O)c3ccc(F)cc3)CC2)c[nH]1. The van der Waals surface area contributed by atoms with E-state index in [0.29, 0.717) is 5.69 Å². The van der Waals surface area contributed by atoms with Crippen molar-refractivity contribution in [3.8, 4) is 0 Å². The zero-order valence-electron chi connectivity index (χ0n) is 14.2. The van der Waals surface area contributed by atoms with E-state index in [1.54, 1.807) is 12.1 Å². The number of methoxy groups -OCH3 is 1. The van der Waals surface area contributed by atoms with Crippen LogP contribution in [0.2, 0.25) is 0 Å². The van der Waals surface area contributed by atoms with Crippen molar-refractivity contribution in [2.75, 3.05) is 20.2 Å². The van der Waals surface area contributed by atoms with Gasteiger partial charge in [-0.2, -0.15) is 0 Å². The number of rotatable bonds is 5. The molecule has 0 bridgehead atoms. The van der Waals surface area contributed by atoms with Gasteiger partial charge in [-0.25, -0.2) is 9.18 Å². The molecular formula is C19H23FN2O3. The van der Waals surface area contributed by atoms with Crippen LogP contribution in [0.25, 0.3) is 0 Å². The first-order valence-corrected chi connectivity index (χ1v) is 8.48. The van der Waals surface area contributed by atoms with Crippen molar-refractivity contribution in [2.24, 2.45) is 5.92 Å². The standard InChI is InChI=1S/C19H23FN2O3/c1-25-19(24)17-10-13(11-21-17)12-22-8-6-15(7-9-22)18(23)14-2-4-16(20)5-3-14/h2-5,10-11,15,18,21,23H,6-9,12H2,1H3/t18-/m0/s1. The molecule has 2 aromatic rings. The monoisotopic (exact) mass is 346 g/mol. The van der Waals surface area contributed by atoms with Gasteiger partial charge in [0.15, 0.2) is 0 Å². The number of nitrogens with zero attached hydrogens (tertiary/aromatic N) is 1. The van der Waals surface area contributed by atoms with E-state index >= 15 is 0 Å². The number of aromatic nitrogens is 1. The first kappa shape index (κ1) is 17.6. The number of halogens is 1. The second kappa shape index (κ2) is 7.80. The van der Waals surface area contributed by atoms with E-state index in [1.165, 1.54) is 19.2 Å². The molecule has 134 valence electrons. The van der Waals surface area contributed by atoms with Gasteiger partial charge in [0.25, 0.3) is 0 Å². The Labute approximate surface area is 146 Å². The number of carbonyl (C=O) groups excluding carboxylic acids is 1. The van der Waals surface area contributed by atoms with Gasteiger partial charge in [-0.05, 0) is 61.2 Å². The van der Waals surface area contributed by atoms with Crippen LogP contribution in [0.15, 0.2) is 36.5 Å². The van der Waals surface area contributed by atoms with Crippen molar-refractivity contribution < 1.29 is 19.0 Å². The highest BCUT2D eigenvalue weighted by molar-refractivity contribution is 5.87. The van der Waals surface area contributed by atoms with Gasteiger partial charge in [0, 0.05) is 12.7 Å². The Balaban J connectivity index is 1.52. The van der Waals surface area contributed by atoms with Crippen molar-refractivity contribution in [1.82, 2.24) is 9.88 Å². The maximum Gasteiger partial charge on any atom is 0.354 e. The summed E-state index contributed by atoms with van der Waals surface area (Å²) in [6, 6.07) is 7.89. The molecule has 2 N–H and O–H groups in total. The number of likely N-dealkylation sites (tertiary alicyclic amines) is 1. The summed E-state index contributed by atoms with van der Waals surface area (Å²) in [7, 11) is 1.36. The minimum absolute atomic E-state index is 0.179. The molecule has 0 amide bonds. The number of esters is 1. The molecule has 0 unspecified atom stereocenters. The number of carbonyl (C=O) groups is 1. The van der Waals surface area contributed by atoms with Crippen LogP contribution < -0.4 is 0 Å². The van der Waals surface area contributed by atoms with Gasteiger partial charge in [0.1, 0.15) is 11.5 Å². The van der Waals surface area contributed by atoms with Crippen LogP contribution in [0.1, 0.15) is 40.6 Å². The Kier molecular flexibility index (Phi) is 5.50. The average Bonchev–Trinajstić information content (AvgIpc) is 3.10. The highest BCUT2D eigenvalue weighted by Crippen LogP contribution is 2.31. The van der Waals surface area contributed by atoms with E-state index in [9.17, 15) is 14.3 Å². The fourth-order valence-corrected chi connectivity index (χ4v) is 3.38. The van der Waals surface area contributed by atoms with Gasteiger partial charge in [0.2, 0.25) is 0 Å². The lowest BCUT2D eigenvalue weighted by molar-refractivity contribution is 0.0565.